The Hall–Kier alpha value is -2.71. The third-order valence-corrected chi connectivity index (χ3v) is 7.25. The van der Waals surface area contributed by atoms with Crippen molar-refractivity contribution in [1.29, 1.82) is 0 Å². The van der Waals surface area contributed by atoms with Gasteiger partial charge in [-0.25, -0.2) is 4.98 Å². The van der Waals surface area contributed by atoms with Gasteiger partial charge in [0.1, 0.15) is 5.69 Å². The molecule has 1 aliphatic heterocycles. The van der Waals surface area contributed by atoms with E-state index in [1.54, 1.807) is 5.38 Å². The molecule has 3 aromatic rings. The lowest BCUT2D eigenvalue weighted by atomic mass is 9.92. The summed E-state index contributed by atoms with van der Waals surface area (Å²) in [5.74, 6) is 0.565. The van der Waals surface area contributed by atoms with Crippen LogP contribution in [0.3, 0.4) is 0 Å². The molecule has 174 valence electrons. The van der Waals surface area contributed by atoms with E-state index in [1.165, 1.54) is 11.3 Å². The first-order valence-corrected chi connectivity index (χ1v) is 12.3. The lowest BCUT2D eigenvalue weighted by Crippen LogP contribution is -2.38. The number of nitrogens with zero attached hydrogens (tertiary/aromatic N) is 3. The Morgan fingerprint density at radius 2 is 1.97 bits per heavy atom. The molecule has 1 saturated heterocycles. The standard InChI is InChI=1S/C24H28ClN5O2S/c1-24(2,3)19-13-20(29-28-19)27-22(32)18-14-33-23(26-18)15-8-10-30(11-9-15)21(31)12-16-6-4-5-7-17(16)25/h4-7,13-15H,8-12H2,1-3H3,(H2,27,28,29,32). The first-order valence-electron chi connectivity index (χ1n) is 11.0. The number of rotatable bonds is 5. The van der Waals surface area contributed by atoms with Gasteiger partial charge in [-0.05, 0) is 24.5 Å². The van der Waals surface area contributed by atoms with E-state index in [2.05, 4.69) is 41.3 Å². The molecule has 2 N–H and O–H groups in total. The minimum atomic E-state index is -0.267. The maximum atomic E-state index is 12.7. The Bertz CT molecular complexity index is 1140. The van der Waals surface area contributed by atoms with Crippen LogP contribution in [0.1, 0.15) is 66.3 Å². The number of hydrogen-bond acceptors (Lipinski definition) is 5. The van der Waals surface area contributed by atoms with Crippen molar-refractivity contribution in [2.75, 3.05) is 18.4 Å². The third-order valence-electron chi connectivity index (χ3n) is 5.88. The van der Waals surface area contributed by atoms with E-state index in [-0.39, 0.29) is 23.1 Å². The number of H-pyrrole nitrogens is 1. The molecule has 2 aromatic heterocycles. The van der Waals surface area contributed by atoms with Gasteiger partial charge in [0.2, 0.25) is 5.91 Å². The van der Waals surface area contributed by atoms with E-state index in [4.69, 9.17) is 11.6 Å². The number of benzene rings is 1. The topological polar surface area (TPSA) is 91.0 Å². The molecule has 0 spiro atoms. The Morgan fingerprint density at radius 1 is 1.24 bits per heavy atom. The molecule has 7 nitrogen and oxygen atoms in total. The number of nitrogens with one attached hydrogen (secondary N) is 2. The van der Waals surface area contributed by atoms with Gasteiger partial charge in [0, 0.05) is 46.6 Å². The lowest BCUT2D eigenvalue weighted by molar-refractivity contribution is -0.131. The molecule has 33 heavy (non-hydrogen) atoms. The van der Waals surface area contributed by atoms with Gasteiger partial charge in [-0.3, -0.25) is 14.7 Å². The van der Waals surface area contributed by atoms with Gasteiger partial charge in [-0.2, -0.15) is 5.10 Å². The SMILES string of the molecule is CC(C)(C)c1cc(NC(=O)c2csc(C3CCN(C(=O)Cc4ccccc4Cl)CC3)n2)n[nH]1. The van der Waals surface area contributed by atoms with Crippen LogP contribution in [0.15, 0.2) is 35.7 Å². The van der Waals surface area contributed by atoms with Crippen LogP contribution in [0.25, 0.3) is 0 Å². The highest BCUT2D eigenvalue weighted by atomic mass is 35.5. The number of aromatic amines is 1. The molecular weight excluding hydrogens is 458 g/mol. The van der Waals surface area contributed by atoms with Crippen molar-refractivity contribution in [3.63, 3.8) is 0 Å². The minimum absolute atomic E-state index is 0.0760. The van der Waals surface area contributed by atoms with Crippen LogP contribution >= 0.6 is 22.9 Å². The van der Waals surface area contributed by atoms with Crippen molar-refractivity contribution in [2.45, 2.75) is 51.4 Å². The summed E-state index contributed by atoms with van der Waals surface area (Å²) in [4.78, 5) is 31.8. The average molecular weight is 486 g/mol. The number of thiazole rings is 1. The quantitative estimate of drug-likeness (QED) is 0.531. The van der Waals surface area contributed by atoms with Crippen LogP contribution in [0.4, 0.5) is 5.82 Å². The number of hydrogen-bond donors (Lipinski definition) is 2. The lowest BCUT2D eigenvalue weighted by Gasteiger charge is -2.31. The second-order valence-electron chi connectivity index (χ2n) is 9.37. The summed E-state index contributed by atoms with van der Waals surface area (Å²) < 4.78 is 0. The summed E-state index contributed by atoms with van der Waals surface area (Å²) in [5, 5.41) is 13.3. The Kier molecular flexibility index (Phi) is 6.86. The van der Waals surface area contributed by atoms with E-state index >= 15 is 0 Å². The predicted molar refractivity (Wildman–Crippen MR) is 131 cm³/mol. The molecule has 2 amide bonds. The first kappa shape index (κ1) is 23.4. The van der Waals surface area contributed by atoms with Crippen LogP contribution in [0, 0.1) is 0 Å². The van der Waals surface area contributed by atoms with E-state index in [0.29, 0.717) is 36.0 Å². The molecule has 0 saturated carbocycles. The zero-order valence-corrected chi connectivity index (χ0v) is 20.6. The second-order valence-corrected chi connectivity index (χ2v) is 10.7. The van der Waals surface area contributed by atoms with Gasteiger partial charge >= 0.3 is 0 Å². The number of carbonyl (C=O) groups excluding carboxylic acids is 2. The number of aromatic nitrogens is 3. The Labute approximate surface area is 202 Å². The second kappa shape index (κ2) is 9.65. The van der Waals surface area contributed by atoms with Gasteiger partial charge in [-0.15, -0.1) is 11.3 Å². The van der Waals surface area contributed by atoms with Crippen LogP contribution in [-0.4, -0.2) is 45.0 Å². The zero-order valence-electron chi connectivity index (χ0n) is 19.0. The average Bonchev–Trinajstić information content (AvgIpc) is 3.45. The molecule has 0 radical (unpaired) electrons. The fourth-order valence-corrected chi connectivity index (χ4v) is 5.00. The highest BCUT2D eigenvalue weighted by molar-refractivity contribution is 7.10. The smallest absolute Gasteiger partial charge is 0.276 e. The van der Waals surface area contributed by atoms with E-state index in [1.807, 2.05) is 35.2 Å². The molecule has 0 bridgehead atoms. The number of piperidine rings is 1. The fourth-order valence-electron chi connectivity index (χ4n) is 3.82. The predicted octanol–water partition coefficient (Wildman–Crippen LogP) is 5.02. The van der Waals surface area contributed by atoms with Crippen LogP contribution < -0.4 is 5.32 Å². The molecule has 9 heteroatoms. The summed E-state index contributed by atoms with van der Waals surface area (Å²) in [6.07, 6.45) is 1.98. The van der Waals surface area contributed by atoms with E-state index in [9.17, 15) is 9.59 Å². The molecule has 0 atom stereocenters. The van der Waals surface area contributed by atoms with Crippen molar-refractivity contribution in [3.8, 4) is 0 Å². The van der Waals surface area contributed by atoms with E-state index in [0.717, 1.165) is 29.1 Å². The number of anilines is 1. The molecule has 4 rings (SSSR count). The summed E-state index contributed by atoms with van der Waals surface area (Å²) in [6.45, 7) is 7.59. The van der Waals surface area contributed by atoms with Crippen molar-refractivity contribution in [1.82, 2.24) is 20.1 Å². The van der Waals surface area contributed by atoms with Crippen molar-refractivity contribution < 1.29 is 9.59 Å². The summed E-state index contributed by atoms with van der Waals surface area (Å²) in [5.41, 5.74) is 2.13. The van der Waals surface area contributed by atoms with Crippen molar-refractivity contribution >= 4 is 40.6 Å². The van der Waals surface area contributed by atoms with E-state index < -0.39 is 0 Å². The van der Waals surface area contributed by atoms with Gasteiger partial charge in [0.15, 0.2) is 5.82 Å². The van der Waals surface area contributed by atoms with Crippen LogP contribution in [0.5, 0.6) is 0 Å². The molecule has 1 aromatic carbocycles. The number of likely N-dealkylation sites (tertiary alicyclic amines) is 1. The van der Waals surface area contributed by atoms with Crippen LogP contribution in [0.2, 0.25) is 5.02 Å². The maximum Gasteiger partial charge on any atom is 0.276 e. The monoisotopic (exact) mass is 485 g/mol. The summed E-state index contributed by atoms with van der Waals surface area (Å²) >= 11 is 7.69. The summed E-state index contributed by atoms with van der Waals surface area (Å²) in [6, 6.07) is 9.31. The van der Waals surface area contributed by atoms with Crippen LogP contribution in [-0.2, 0) is 16.6 Å². The first-order chi connectivity index (χ1) is 15.7. The molecular formula is C24H28ClN5O2S. The van der Waals surface area contributed by atoms with Gasteiger partial charge in [0.05, 0.1) is 11.4 Å². The minimum Gasteiger partial charge on any atom is -0.342 e. The molecule has 1 fully saturated rings. The summed E-state index contributed by atoms with van der Waals surface area (Å²) in [7, 11) is 0. The molecule has 0 aliphatic carbocycles. The maximum absolute atomic E-state index is 12.7. The third kappa shape index (κ3) is 5.62. The molecule has 0 unspecified atom stereocenters. The highest BCUT2D eigenvalue weighted by Gasteiger charge is 2.27. The highest BCUT2D eigenvalue weighted by Crippen LogP contribution is 2.31. The van der Waals surface area contributed by atoms with Crippen molar-refractivity contribution in [2.24, 2.45) is 0 Å². The number of halogens is 1. The zero-order chi connectivity index (χ0) is 23.6. The number of amides is 2. The molecule has 1 aliphatic rings. The van der Waals surface area contributed by atoms with Crippen molar-refractivity contribution in [3.05, 3.63) is 62.7 Å². The van der Waals surface area contributed by atoms with Gasteiger partial charge in [0.25, 0.3) is 5.91 Å². The Balaban J connectivity index is 1.31. The fraction of sp³-hybridized carbons (Fsp3) is 0.417. The van der Waals surface area contributed by atoms with Gasteiger partial charge in [-0.1, -0.05) is 50.6 Å². The largest absolute Gasteiger partial charge is 0.342 e. The Morgan fingerprint density at radius 3 is 2.64 bits per heavy atom. The normalized spacial score (nSPS) is 15.0. The molecule has 3 heterocycles. The van der Waals surface area contributed by atoms with Gasteiger partial charge < -0.3 is 10.2 Å². The number of carbonyl (C=O) groups is 2.